The molecule has 1 unspecified atom stereocenters. The molecule has 3 heterocycles. The minimum Gasteiger partial charge on any atom is -0.340 e. The molecule has 1 atom stereocenters. The summed E-state index contributed by atoms with van der Waals surface area (Å²) < 4.78 is 0. The second kappa shape index (κ2) is 7.20. The summed E-state index contributed by atoms with van der Waals surface area (Å²) in [5.74, 6) is 0.729. The van der Waals surface area contributed by atoms with Gasteiger partial charge in [0.05, 0.1) is 40.2 Å². The molecule has 158 valence electrons. The van der Waals surface area contributed by atoms with Gasteiger partial charge in [0.15, 0.2) is 0 Å². The zero-order valence-electron chi connectivity index (χ0n) is 17.7. The Hall–Kier alpha value is -3.19. The number of aromatic amines is 1. The predicted molar refractivity (Wildman–Crippen MR) is 120 cm³/mol. The molecule has 7 nitrogen and oxygen atoms in total. The van der Waals surface area contributed by atoms with E-state index in [1.54, 1.807) is 12.4 Å². The van der Waals surface area contributed by atoms with E-state index in [2.05, 4.69) is 22.1 Å². The lowest BCUT2D eigenvalue weighted by atomic mass is 9.96. The Kier molecular flexibility index (Phi) is 4.59. The number of carbonyl (C=O) groups is 1. The zero-order valence-corrected chi connectivity index (χ0v) is 18.4. The molecule has 1 aliphatic heterocycles. The van der Waals surface area contributed by atoms with Crippen LogP contribution in [0.15, 0.2) is 42.7 Å². The van der Waals surface area contributed by atoms with Crippen LogP contribution in [0.3, 0.4) is 0 Å². The molecule has 1 amide bonds. The number of carbonyl (C=O) groups excluding carboxylic acids is 1. The first-order valence-electron chi connectivity index (χ1n) is 10.3. The summed E-state index contributed by atoms with van der Waals surface area (Å²) in [6.07, 6.45) is 4.94. The van der Waals surface area contributed by atoms with Gasteiger partial charge in [-0.15, -0.1) is 0 Å². The monoisotopic (exact) mass is 434 g/mol. The minimum atomic E-state index is -0.547. The van der Waals surface area contributed by atoms with E-state index in [1.165, 1.54) is 4.80 Å². The van der Waals surface area contributed by atoms with E-state index in [0.717, 1.165) is 40.8 Å². The molecule has 0 aliphatic carbocycles. The highest BCUT2D eigenvalue weighted by Crippen LogP contribution is 2.39. The smallest absolute Gasteiger partial charge is 0.256 e. The Morgan fingerprint density at radius 1 is 1.16 bits per heavy atom. The van der Waals surface area contributed by atoms with Gasteiger partial charge in [0.25, 0.3) is 5.91 Å². The maximum atomic E-state index is 13.8. The molecule has 1 aliphatic rings. The van der Waals surface area contributed by atoms with Gasteiger partial charge >= 0.3 is 0 Å². The van der Waals surface area contributed by atoms with Gasteiger partial charge in [-0.1, -0.05) is 23.2 Å². The predicted octanol–water partition coefficient (Wildman–Crippen LogP) is 4.57. The van der Waals surface area contributed by atoms with Crippen molar-refractivity contribution in [3.8, 4) is 5.69 Å². The first-order chi connectivity index (χ1) is 14.9. The van der Waals surface area contributed by atoms with Crippen molar-refractivity contribution in [2.75, 3.05) is 6.54 Å². The van der Waals surface area contributed by atoms with Gasteiger partial charge in [-0.05, 0) is 63.4 Å². The number of hydrogen-bond donors (Lipinski definition) is 1. The average Bonchev–Trinajstić information content (AvgIpc) is 3.48. The van der Waals surface area contributed by atoms with Crippen LogP contribution in [-0.2, 0) is 5.54 Å². The van der Waals surface area contributed by atoms with Crippen LogP contribution in [0, 0.1) is 13.8 Å². The Labute approximate surface area is 185 Å². The van der Waals surface area contributed by atoms with E-state index in [9.17, 15) is 4.79 Å². The maximum Gasteiger partial charge on any atom is 0.256 e. The van der Waals surface area contributed by atoms with E-state index in [0.29, 0.717) is 22.8 Å². The van der Waals surface area contributed by atoms with Crippen LogP contribution in [0.4, 0.5) is 0 Å². The quantitative estimate of drug-likeness (QED) is 0.512. The van der Waals surface area contributed by atoms with Crippen LogP contribution < -0.4 is 0 Å². The third kappa shape index (κ3) is 3.20. The van der Waals surface area contributed by atoms with Crippen LogP contribution in [0.2, 0.25) is 5.02 Å². The first kappa shape index (κ1) is 19.8. The summed E-state index contributed by atoms with van der Waals surface area (Å²) in [4.78, 5) is 25.5. The number of rotatable bonds is 3. The third-order valence-corrected chi connectivity index (χ3v) is 6.58. The van der Waals surface area contributed by atoms with Gasteiger partial charge in [-0.3, -0.25) is 4.79 Å². The highest BCUT2D eigenvalue weighted by molar-refractivity contribution is 6.32. The largest absolute Gasteiger partial charge is 0.340 e. The number of H-pyrrole nitrogens is 1. The van der Waals surface area contributed by atoms with E-state index in [4.69, 9.17) is 16.6 Å². The number of amides is 1. The highest BCUT2D eigenvalue weighted by Gasteiger charge is 2.44. The molecule has 0 spiro atoms. The number of imidazole rings is 1. The van der Waals surface area contributed by atoms with Crippen molar-refractivity contribution >= 4 is 28.5 Å². The number of likely N-dealkylation sites (tertiary alicyclic amines) is 1. The van der Waals surface area contributed by atoms with Gasteiger partial charge in [0, 0.05) is 11.6 Å². The SMILES string of the molecule is Cc1ccc(-n2nccn2)c(C(=O)N2CCCC2(C)c2nc3cc(Cl)c(C)cc3[nH]2)c1. The molecule has 2 aromatic carbocycles. The molecule has 0 radical (unpaired) electrons. The van der Waals surface area contributed by atoms with Crippen LogP contribution in [0.5, 0.6) is 0 Å². The number of aromatic nitrogens is 5. The summed E-state index contributed by atoms with van der Waals surface area (Å²) in [7, 11) is 0. The van der Waals surface area contributed by atoms with Crippen LogP contribution >= 0.6 is 11.6 Å². The lowest BCUT2D eigenvalue weighted by molar-refractivity contribution is 0.0605. The summed E-state index contributed by atoms with van der Waals surface area (Å²) >= 11 is 6.30. The molecule has 4 aromatic rings. The highest BCUT2D eigenvalue weighted by atomic mass is 35.5. The van der Waals surface area contributed by atoms with Crippen molar-refractivity contribution < 1.29 is 4.79 Å². The van der Waals surface area contributed by atoms with Crippen LogP contribution in [0.1, 0.15) is 47.1 Å². The standard InChI is InChI=1S/C23H23ClN6O/c1-14-5-6-20(30-25-8-9-26-30)16(11-14)21(31)29-10-4-7-23(29,3)22-27-18-12-15(2)17(24)13-19(18)28-22/h5-6,8-9,11-13H,4,7,10H2,1-3H3,(H,27,28). The topological polar surface area (TPSA) is 79.7 Å². The number of hydrogen-bond acceptors (Lipinski definition) is 4. The lowest BCUT2D eigenvalue weighted by Gasteiger charge is -2.34. The Bertz CT molecular complexity index is 1260. The van der Waals surface area contributed by atoms with Crippen molar-refractivity contribution in [1.82, 2.24) is 29.9 Å². The molecular weight excluding hydrogens is 412 g/mol. The van der Waals surface area contributed by atoms with Crippen molar-refractivity contribution in [2.24, 2.45) is 0 Å². The average molecular weight is 435 g/mol. The third-order valence-electron chi connectivity index (χ3n) is 6.18. The molecule has 31 heavy (non-hydrogen) atoms. The van der Waals surface area contributed by atoms with Gasteiger partial charge in [0.2, 0.25) is 0 Å². The number of benzene rings is 2. The van der Waals surface area contributed by atoms with Gasteiger partial charge in [-0.2, -0.15) is 15.0 Å². The fourth-order valence-corrected chi connectivity index (χ4v) is 4.57. The normalized spacial score (nSPS) is 18.8. The fourth-order valence-electron chi connectivity index (χ4n) is 4.41. The molecule has 1 N–H and O–H groups in total. The summed E-state index contributed by atoms with van der Waals surface area (Å²) in [5.41, 5.74) is 4.44. The number of fused-ring (bicyclic) bond motifs is 1. The summed E-state index contributed by atoms with van der Waals surface area (Å²) in [6.45, 7) is 6.68. The Morgan fingerprint density at radius 2 is 1.94 bits per heavy atom. The van der Waals surface area contributed by atoms with E-state index < -0.39 is 5.54 Å². The molecule has 2 aromatic heterocycles. The first-order valence-corrected chi connectivity index (χ1v) is 10.7. The number of aryl methyl sites for hydroxylation is 2. The molecular formula is C23H23ClN6O. The van der Waals surface area contributed by atoms with Crippen molar-refractivity contribution in [2.45, 2.75) is 39.2 Å². The molecule has 1 fully saturated rings. The van der Waals surface area contributed by atoms with Crippen molar-refractivity contribution in [1.29, 1.82) is 0 Å². The molecule has 0 saturated carbocycles. The maximum absolute atomic E-state index is 13.8. The van der Waals surface area contributed by atoms with Gasteiger partial charge in [-0.25, -0.2) is 4.98 Å². The fraction of sp³-hybridized carbons (Fsp3) is 0.304. The van der Waals surface area contributed by atoms with Crippen LogP contribution in [-0.4, -0.2) is 42.3 Å². The minimum absolute atomic E-state index is 0.0503. The molecule has 5 rings (SSSR count). The second-order valence-electron chi connectivity index (χ2n) is 8.38. The van der Waals surface area contributed by atoms with Gasteiger partial charge < -0.3 is 9.88 Å². The molecule has 0 bridgehead atoms. The number of nitrogens with zero attached hydrogens (tertiary/aromatic N) is 5. The van der Waals surface area contributed by atoms with E-state index in [1.807, 2.05) is 49.1 Å². The number of halogens is 1. The second-order valence-corrected chi connectivity index (χ2v) is 8.78. The van der Waals surface area contributed by atoms with Crippen molar-refractivity contribution in [3.63, 3.8) is 0 Å². The summed E-state index contributed by atoms with van der Waals surface area (Å²) in [6, 6.07) is 9.63. The molecule has 8 heteroatoms. The summed E-state index contributed by atoms with van der Waals surface area (Å²) in [5, 5.41) is 9.15. The Balaban J connectivity index is 1.58. The lowest BCUT2D eigenvalue weighted by Crippen LogP contribution is -2.44. The van der Waals surface area contributed by atoms with E-state index in [-0.39, 0.29) is 5.91 Å². The zero-order chi connectivity index (χ0) is 21.8. The number of nitrogens with one attached hydrogen (secondary N) is 1. The van der Waals surface area contributed by atoms with E-state index >= 15 is 0 Å². The van der Waals surface area contributed by atoms with Crippen LogP contribution in [0.25, 0.3) is 16.7 Å². The molecule has 1 saturated heterocycles. The van der Waals surface area contributed by atoms with Gasteiger partial charge in [0.1, 0.15) is 5.82 Å². The Morgan fingerprint density at radius 3 is 2.71 bits per heavy atom. The van der Waals surface area contributed by atoms with Crippen molar-refractivity contribution in [3.05, 3.63) is 70.3 Å².